The fraction of sp³-hybridized carbons (Fsp3) is 0.308. The van der Waals surface area contributed by atoms with E-state index in [2.05, 4.69) is 15.3 Å². The molecule has 0 unspecified atom stereocenters. The first kappa shape index (κ1) is 14.5. The van der Waals surface area contributed by atoms with Gasteiger partial charge in [-0.1, -0.05) is 12.1 Å². The van der Waals surface area contributed by atoms with Crippen molar-refractivity contribution < 1.29 is 8.42 Å². The lowest BCUT2D eigenvalue weighted by molar-refractivity contribution is 0.458. The number of H-pyrrole nitrogens is 1. The van der Waals surface area contributed by atoms with Crippen LogP contribution < -0.4 is 5.32 Å². The van der Waals surface area contributed by atoms with Gasteiger partial charge < -0.3 is 10.3 Å². The summed E-state index contributed by atoms with van der Waals surface area (Å²) in [6.45, 7) is 2.79. The minimum atomic E-state index is -3.56. The predicted octanol–water partition coefficient (Wildman–Crippen LogP) is 1.66. The van der Waals surface area contributed by atoms with E-state index in [1.807, 2.05) is 13.0 Å². The Morgan fingerprint density at radius 3 is 2.75 bits per heavy atom. The van der Waals surface area contributed by atoms with Crippen molar-refractivity contribution in [3.05, 3.63) is 42.5 Å². The van der Waals surface area contributed by atoms with Crippen molar-refractivity contribution in [1.82, 2.24) is 14.3 Å². The van der Waals surface area contributed by atoms with Crippen LogP contribution in [0.15, 0.2) is 41.6 Å². The van der Waals surface area contributed by atoms with Crippen LogP contribution in [0.1, 0.15) is 12.7 Å². The van der Waals surface area contributed by atoms with Gasteiger partial charge >= 0.3 is 0 Å². The summed E-state index contributed by atoms with van der Waals surface area (Å²) in [5.74, 6) is 0.608. The van der Waals surface area contributed by atoms with Gasteiger partial charge in [0.2, 0.25) is 10.0 Å². The zero-order chi connectivity index (χ0) is 14.6. The molecule has 2 rings (SSSR count). The molecule has 2 N–H and O–H groups in total. The van der Waals surface area contributed by atoms with E-state index in [1.165, 1.54) is 4.31 Å². The maximum Gasteiger partial charge on any atom is 0.245 e. The molecule has 7 heteroatoms. The Labute approximate surface area is 118 Å². The molecule has 0 saturated heterocycles. The quantitative estimate of drug-likeness (QED) is 0.849. The van der Waals surface area contributed by atoms with Crippen molar-refractivity contribution in [2.24, 2.45) is 0 Å². The first-order valence-corrected chi connectivity index (χ1v) is 7.77. The summed E-state index contributed by atoms with van der Waals surface area (Å²) in [5, 5.41) is 3.07. The van der Waals surface area contributed by atoms with Crippen LogP contribution in [0.25, 0.3) is 0 Å². The molecule has 0 aliphatic carbocycles. The first-order chi connectivity index (χ1) is 9.55. The normalized spacial score (nSPS) is 11.8. The molecule has 6 nitrogen and oxygen atoms in total. The van der Waals surface area contributed by atoms with Crippen LogP contribution in [0.2, 0.25) is 0 Å². The highest BCUT2D eigenvalue weighted by Crippen LogP contribution is 2.24. The van der Waals surface area contributed by atoms with E-state index in [1.54, 1.807) is 37.6 Å². The standard InChI is InChI=1S/C13H18N4O2S/c1-3-14-11-6-4-5-7-12(11)20(18,19)17(2)10-13-15-8-9-16-13/h4-9,14H,3,10H2,1-2H3,(H,15,16). The first-order valence-electron chi connectivity index (χ1n) is 6.33. The van der Waals surface area contributed by atoms with Gasteiger partial charge in [-0.3, -0.25) is 0 Å². The molecule has 0 fully saturated rings. The highest BCUT2D eigenvalue weighted by molar-refractivity contribution is 7.89. The molecule has 108 valence electrons. The van der Waals surface area contributed by atoms with Crippen molar-refractivity contribution in [1.29, 1.82) is 0 Å². The summed E-state index contributed by atoms with van der Waals surface area (Å²) < 4.78 is 26.5. The third kappa shape index (κ3) is 3.00. The number of benzene rings is 1. The number of nitrogens with zero attached hydrogens (tertiary/aromatic N) is 2. The summed E-state index contributed by atoms with van der Waals surface area (Å²) in [4.78, 5) is 7.22. The number of hydrogen-bond acceptors (Lipinski definition) is 4. The Hall–Kier alpha value is -1.86. The Morgan fingerprint density at radius 1 is 1.35 bits per heavy atom. The van der Waals surface area contributed by atoms with Crippen LogP contribution in [0.3, 0.4) is 0 Å². The molecule has 2 aromatic rings. The van der Waals surface area contributed by atoms with Crippen molar-refractivity contribution >= 4 is 15.7 Å². The van der Waals surface area contributed by atoms with E-state index in [9.17, 15) is 8.42 Å². The number of aromatic amines is 1. The van der Waals surface area contributed by atoms with Crippen molar-refractivity contribution in [2.75, 3.05) is 18.9 Å². The Balaban J connectivity index is 2.30. The van der Waals surface area contributed by atoms with Gasteiger partial charge in [-0.25, -0.2) is 13.4 Å². The number of sulfonamides is 1. The van der Waals surface area contributed by atoms with Gasteiger partial charge in [0, 0.05) is 26.0 Å². The zero-order valence-corrected chi connectivity index (χ0v) is 12.3. The van der Waals surface area contributed by atoms with Gasteiger partial charge in [-0.05, 0) is 19.1 Å². The number of para-hydroxylation sites is 1. The monoisotopic (exact) mass is 294 g/mol. The minimum absolute atomic E-state index is 0.204. The largest absolute Gasteiger partial charge is 0.384 e. The molecule has 1 aromatic heterocycles. The summed E-state index contributed by atoms with van der Waals surface area (Å²) >= 11 is 0. The average Bonchev–Trinajstić information content (AvgIpc) is 2.92. The molecule has 0 spiro atoms. The fourth-order valence-corrected chi connectivity index (χ4v) is 3.17. The Morgan fingerprint density at radius 2 is 2.10 bits per heavy atom. The molecule has 20 heavy (non-hydrogen) atoms. The third-order valence-corrected chi connectivity index (χ3v) is 4.73. The van der Waals surface area contributed by atoms with Crippen molar-refractivity contribution in [3.8, 4) is 0 Å². The van der Waals surface area contributed by atoms with Crippen LogP contribution in [-0.2, 0) is 16.6 Å². The molecule has 1 heterocycles. The van der Waals surface area contributed by atoms with E-state index >= 15 is 0 Å². The van der Waals surface area contributed by atoms with Crippen LogP contribution in [0, 0.1) is 0 Å². The molecule has 0 aliphatic rings. The molecular formula is C13H18N4O2S. The number of hydrogen-bond donors (Lipinski definition) is 2. The fourth-order valence-electron chi connectivity index (χ4n) is 1.88. The van der Waals surface area contributed by atoms with Gasteiger partial charge in [-0.2, -0.15) is 4.31 Å². The Kier molecular flexibility index (Phi) is 4.41. The van der Waals surface area contributed by atoms with E-state index < -0.39 is 10.0 Å². The lowest BCUT2D eigenvalue weighted by Gasteiger charge is -2.18. The molecule has 0 atom stereocenters. The number of rotatable bonds is 6. The number of imidazole rings is 1. The SMILES string of the molecule is CCNc1ccccc1S(=O)(=O)N(C)Cc1ncc[nH]1. The van der Waals surface area contributed by atoms with Crippen LogP contribution in [0.5, 0.6) is 0 Å². The van der Waals surface area contributed by atoms with E-state index in [0.717, 1.165) is 0 Å². The molecule has 0 saturated carbocycles. The molecular weight excluding hydrogens is 276 g/mol. The van der Waals surface area contributed by atoms with Crippen molar-refractivity contribution in [3.63, 3.8) is 0 Å². The second-order valence-electron chi connectivity index (χ2n) is 4.32. The maximum absolute atomic E-state index is 12.6. The third-order valence-electron chi connectivity index (χ3n) is 2.87. The smallest absolute Gasteiger partial charge is 0.245 e. The van der Waals surface area contributed by atoms with Crippen molar-refractivity contribution in [2.45, 2.75) is 18.4 Å². The van der Waals surface area contributed by atoms with Gasteiger partial charge in [-0.15, -0.1) is 0 Å². The highest BCUT2D eigenvalue weighted by atomic mass is 32.2. The number of aromatic nitrogens is 2. The predicted molar refractivity (Wildman–Crippen MR) is 77.8 cm³/mol. The molecule has 0 bridgehead atoms. The minimum Gasteiger partial charge on any atom is -0.384 e. The lowest BCUT2D eigenvalue weighted by Crippen LogP contribution is -2.27. The summed E-state index contributed by atoms with van der Waals surface area (Å²) in [6.07, 6.45) is 3.27. The Bertz CT molecular complexity index is 653. The van der Waals surface area contributed by atoms with E-state index in [-0.39, 0.29) is 11.4 Å². The lowest BCUT2D eigenvalue weighted by atomic mass is 10.3. The summed E-state index contributed by atoms with van der Waals surface area (Å²) in [7, 11) is -2.01. The number of anilines is 1. The molecule has 0 amide bonds. The van der Waals surface area contributed by atoms with Crippen LogP contribution >= 0.6 is 0 Å². The molecule has 0 aliphatic heterocycles. The van der Waals surface area contributed by atoms with E-state index in [4.69, 9.17) is 0 Å². The molecule has 1 aromatic carbocycles. The average molecular weight is 294 g/mol. The topological polar surface area (TPSA) is 78.1 Å². The van der Waals surface area contributed by atoms with Gasteiger partial charge in [0.25, 0.3) is 0 Å². The number of nitrogens with one attached hydrogen (secondary N) is 2. The second kappa shape index (κ2) is 6.06. The van der Waals surface area contributed by atoms with Gasteiger partial charge in [0.1, 0.15) is 10.7 Å². The molecule has 0 radical (unpaired) electrons. The maximum atomic E-state index is 12.6. The van der Waals surface area contributed by atoms with Crippen LogP contribution in [-0.4, -0.2) is 36.3 Å². The van der Waals surface area contributed by atoms with Gasteiger partial charge in [0.15, 0.2) is 0 Å². The second-order valence-corrected chi connectivity index (χ2v) is 6.34. The summed E-state index contributed by atoms with van der Waals surface area (Å²) in [6, 6.07) is 6.89. The summed E-state index contributed by atoms with van der Waals surface area (Å²) in [5.41, 5.74) is 0.612. The van der Waals surface area contributed by atoms with E-state index in [0.29, 0.717) is 18.1 Å². The highest BCUT2D eigenvalue weighted by Gasteiger charge is 2.24. The van der Waals surface area contributed by atoms with Gasteiger partial charge in [0.05, 0.1) is 12.2 Å². The zero-order valence-electron chi connectivity index (χ0n) is 11.5. The van der Waals surface area contributed by atoms with Crippen LogP contribution in [0.4, 0.5) is 5.69 Å².